The van der Waals surface area contributed by atoms with Gasteiger partial charge in [0.2, 0.25) is 10.0 Å². The van der Waals surface area contributed by atoms with Crippen molar-refractivity contribution >= 4 is 31.8 Å². The summed E-state index contributed by atoms with van der Waals surface area (Å²) in [6.07, 6.45) is 2.85. The predicted molar refractivity (Wildman–Crippen MR) is 103 cm³/mol. The van der Waals surface area contributed by atoms with E-state index in [4.69, 9.17) is 9.56 Å². The highest BCUT2D eigenvalue weighted by Gasteiger charge is 2.18. The van der Waals surface area contributed by atoms with Gasteiger partial charge in [0.05, 0.1) is 17.4 Å². The smallest absolute Gasteiger partial charge is 0.255 e. The lowest BCUT2D eigenvalue weighted by Crippen LogP contribution is -2.17. The van der Waals surface area contributed by atoms with Gasteiger partial charge in [0, 0.05) is 5.56 Å². The molecule has 0 saturated carbocycles. The van der Waals surface area contributed by atoms with E-state index in [-0.39, 0.29) is 0 Å². The first kappa shape index (κ1) is 19.8. The predicted octanol–water partition coefficient (Wildman–Crippen LogP) is 3.15. The molecule has 7 nitrogen and oxygen atoms in total. The first-order valence-corrected chi connectivity index (χ1v) is 10.9. The largest absolute Gasteiger partial charge is 0.464 e. The lowest BCUT2D eigenvalue weighted by atomic mass is 10.1. The van der Waals surface area contributed by atoms with Crippen LogP contribution in [0.1, 0.15) is 5.56 Å². The van der Waals surface area contributed by atoms with E-state index in [1.54, 1.807) is 42.7 Å². The van der Waals surface area contributed by atoms with Crippen molar-refractivity contribution in [3.8, 4) is 11.3 Å². The Bertz CT molecular complexity index is 1220. The molecule has 0 bridgehead atoms. The monoisotopic (exact) mass is 422 g/mol. The third-order valence-corrected chi connectivity index (χ3v) is 5.62. The molecule has 0 unspecified atom stereocenters. The maximum atomic E-state index is 13.4. The van der Waals surface area contributed by atoms with Crippen molar-refractivity contribution in [2.24, 2.45) is 5.14 Å². The van der Waals surface area contributed by atoms with Gasteiger partial charge in [-0.25, -0.2) is 26.4 Å². The number of nitrogens with two attached hydrogens (primary N) is 1. The van der Waals surface area contributed by atoms with Gasteiger partial charge in [-0.2, -0.15) is 0 Å². The number of hydrogen-bond acceptors (Lipinski definition) is 5. The first-order valence-electron chi connectivity index (χ1n) is 7.81. The average molecular weight is 422 g/mol. The van der Waals surface area contributed by atoms with Crippen LogP contribution in [0.5, 0.6) is 0 Å². The van der Waals surface area contributed by atoms with Crippen molar-refractivity contribution in [3.63, 3.8) is 0 Å². The Kier molecular flexibility index (Phi) is 5.36. The summed E-state index contributed by atoms with van der Waals surface area (Å²) in [6, 6.07) is 12.9. The van der Waals surface area contributed by atoms with Crippen LogP contribution in [0.3, 0.4) is 0 Å². The second-order valence-corrected chi connectivity index (χ2v) is 8.83. The van der Waals surface area contributed by atoms with Crippen LogP contribution in [0.15, 0.2) is 75.6 Å². The van der Waals surface area contributed by atoms with Crippen LogP contribution < -0.4 is 9.86 Å². The second-order valence-electron chi connectivity index (χ2n) is 5.73. The van der Waals surface area contributed by atoms with Gasteiger partial charge in [0.1, 0.15) is 16.5 Å². The van der Waals surface area contributed by atoms with Crippen molar-refractivity contribution in [1.82, 2.24) is 0 Å². The average Bonchev–Trinajstić information content (AvgIpc) is 3.14. The number of primary sulfonamides is 1. The Morgan fingerprint density at radius 2 is 1.71 bits per heavy atom. The fourth-order valence-corrected chi connectivity index (χ4v) is 4.01. The number of hydrogen-bond donors (Lipinski definition) is 2. The summed E-state index contributed by atoms with van der Waals surface area (Å²) in [5.41, 5.74) is 0.924. The zero-order chi connectivity index (χ0) is 20.4. The van der Waals surface area contributed by atoms with E-state index in [9.17, 15) is 21.2 Å². The van der Waals surface area contributed by atoms with Crippen LogP contribution in [-0.4, -0.2) is 16.8 Å². The normalized spacial score (nSPS) is 12.4. The van der Waals surface area contributed by atoms with E-state index < -0.39 is 36.4 Å². The van der Waals surface area contributed by atoms with E-state index in [0.717, 1.165) is 29.2 Å². The summed E-state index contributed by atoms with van der Waals surface area (Å²) in [5, 5.41) is 5.88. The molecule has 3 aromatic rings. The Labute approximate surface area is 161 Å². The Morgan fingerprint density at radius 3 is 2.32 bits per heavy atom. The van der Waals surface area contributed by atoms with E-state index >= 15 is 0 Å². The van der Waals surface area contributed by atoms with Crippen molar-refractivity contribution < 1.29 is 25.6 Å². The highest BCUT2D eigenvalue weighted by Crippen LogP contribution is 2.23. The number of anilines is 1. The van der Waals surface area contributed by atoms with Crippen molar-refractivity contribution in [2.45, 2.75) is 4.90 Å². The molecule has 10 heteroatoms. The molecule has 1 heterocycles. The second kappa shape index (κ2) is 7.58. The maximum absolute atomic E-state index is 13.4. The molecular formula is C18H15FN2O5S2. The van der Waals surface area contributed by atoms with E-state index in [1.165, 1.54) is 6.08 Å². The van der Waals surface area contributed by atoms with Crippen molar-refractivity contribution in [2.75, 3.05) is 4.72 Å². The zero-order valence-electron chi connectivity index (χ0n) is 14.2. The van der Waals surface area contributed by atoms with Gasteiger partial charge in [-0.3, -0.25) is 4.72 Å². The summed E-state index contributed by atoms with van der Waals surface area (Å²) in [7, 11) is -8.36. The number of rotatable bonds is 6. The van der Waals surface area contributed by atoms with Gasteiger partial charge >= 0.3 is 0 Å². The zero-order valence-corrected chi connectivity index (χ0v) is 15.9. The van der Waals surface area contributed by atoms with Crippen LogP contribution in [0, 0.1) is 5.82 Å². The van der Waals surface area contributed by atoms with Gasteiger partial charge in [0.25, 0.3) is 10.0 Å². The van der Waals surface area contributed by atoms with Crippen molar-refractivity contribution in [1.29, 1.82) is 0 Å². The molecule has 28 heavy (non-hydrogen) atoms. The maximum Gasteiger partial charge on any atom is 0.255 e. The van der Waals surface area contributed by atoms with Gasteiger partial charge in [-0.05, 0) is 42.0 Å². The Balaban J connectivity index is 1.82. The van der Waals surface area contributed by atoms with Gasteiger partial charge in [0.15, 0.2) is 0 Å². The minimum absolute atomic E-state index is 0.472. The van der Waals surface area contributed by atoms with Crippen LogP contribution in [0.4, 0.5) is 10.1 Å². The standard InChI is InChI=1S/C18H15FN2O5S2/c19-15-7-8-18(28(20,24)25)16(12-15)21-27(22,23)11-9-13-3-5-14(6-4-13)17-2-1-10-26-17/h1-12,21H,(H2,20,24,25)/b11-9+. The molecular weight excluding hydrogens is 407 g/mol. The van der Waals surface area contributed by atoms with Crippen LogP contribution >= 0.6 is 0 Å². The lowest BCUT2D eigenvalue weighted by molar-refractivity contribution is 0.582. The van der Waals surface area contributed by atoms with Gasteiger partial charge in [-0.15, -0.1) is 0 Å². The number of halogens is 1. The fourth-order valence-electron chi connectivity index (χ4n) is 2.39. The molecule has 3 N–H and O–H groups in total. The number of furan rings is 1. The molecule has 0 aliphatic carbocycles. The number of sulfonamides is 2. The molecule has 0 atom stereocenters. The quantitative estimate of drug-likeness (QED) is 0.632. The van der Waals surface area contributed by atoms with E-state index in [0.29, 0.717) is 11.3 Å². The molecule has 2 aromatic carbocycles. The molecule has 0 aliphatic heterocycles. The molecule has 0 spiro atoms. The molecule has 1 aromatic heterocycles. The highest BCUT2D eigenvalue weighted by atomic mass is 32.2. The molecule has 0 radical (unpaired) electrons. The minimum atomic E-state index is -4.24. The number of benzene rings is 2. The Hall–Kier alpha value is -2.95. The summed E-state index contributed by atoms with van der Waals surface area (Å²) in [4.78, 5) is -0.534. The highest BCUT2D eigenvalue weighted by molar-refractivity contribution is 7.95. The minimum Gasteiger partial charge on any atom is -0.464 e. The molecule has 0 aliphatic rings. The van der Waals surface area contributed by atoms with Crippen LogP contribution in [0.25, 0.3) is 17.4 Å². The van der Waals surface area contributed by atoms with Crippen LogP contribution in [0.2, 0.25) is 0 Å². The fraction of sp³-hybridized carbons (Fsp3) is 0. The SMILES string of the molecule is NS(=O)(=O)c1ccc(F)cc1NS(=O)(=O)/C=C/c1ccc(-c2ccco2)cc1. The summed E-state index contributed by atoms with van der Waals surface area (Å²) >= 11 is 0. The van der Waals surface area contributed by atoms with E-state index in [1.807, 2.05) is 4.72 Å². The summed E-state index contributed by atoms with van der Waals surface area (Å²) in [5.74, 6) is -0.144. The summed E-state index contributed by atoms with van der Waals surface area (Å²) < 4.78 is 68.3. The topological polar surface area (TPSA) is 119 Å². The van der Waals surface area contributed by atoms with Gasteiger partial charge in [-0.1, -0.05) is 24.3 Å². The first-order chi connectivity index (χ1) is 13.1. The van der Waals surface area contributed by atoms with Gasteiger partial charge < -0.3 is 4.42 Å². The third-order valence-electron chi connectivity index (χ3n) is 3.66. The van der Waals surface area contributed by atoms with Crippen molar-refractivity contribution in [3.05, 3.63) is 77.6 Å². The third kappa shape index (κ3) is 4.85. The molecule has 3 rings (SSSR count). The lowest BCUT2D eigenvalue weighted by Gasteiger charge is -2.09. The summed E-state index contributed by atoms with van der Waals surface area (Å²) in [6.45, 7) is 0. The number of nitrogens with one attached hydrogen (secondary N) is 1. The van der Waals surface area contributed by atoms with Crippen LogP contribution in [-0.2, 0) is 20.0 Å². The molecule has 0 saturated heterocycles. The van der Waals surface area contributed by atoms with E-state index in [2.05, 4.69) is 0 Å². The molecule has 0 fully saturated rings. The Morgan fingerprint density at radius 1 is 1.00 bits per heavy atom. The molecule has 0 amide bonds. The molecule has 146 valence electrons.